The van der Waals surface area contributed by atoms with Gasteiger partial charge in [0.1, 0.15) is 0 Å². The molecule has 1 saturated heterocycles. The number of carbonyl (C=O) groups excluding carboxylic acids is 1. The van der Waals surface area contributed by atoms with E-state index in [0.29, 0.717) is 19.0 Å². The summed E-state index contributed by atoms with van der Waals surface area (Å²) in [5, 5.41) is 1.14. The van der Waals surface area contributed by atoms with Crippen molar-refractivity contribution in [2.45, 2.75) is 31.8 Å². The van der Waals surface area contributed by atoms with Crippen LogP contribution >= 0.6 is 0 Å². The zero-order valence-electron chi connectivity index (χ0n) is 15.8. The molecule has 27 heavy (non-hydrogen) atoms. The van der Waals surface area contributed by atoms with Crippen LogP contribution in [0.15, 0.2) is 55.0 Å². The summed E-state index contributed by atoms with van der Waals surface area (Å²) in [6, 6.07) is 12.5. The average Bonchev–Trinajstić information content (AvgIpc) is 3.11. The Kier molecular flexibility index (Phi) is 5.21. The van der Waals surface area contributed by atoms with Crippen molar-refractivity contribution in [2.24, 2.45) is 0 Å². The maximum Gasteiger partial charge on any atom is 0.227 e. The van der Waals surface area contributed by atoms with Crippen molar-refractivity contribution in [3.05, 3.63) is 66.1 Å². The van der Waals surface area contributed by atoms with Crippen molar-refractivity contribution in [3.63, 3.8) is 0 Å². The molecular weight excluding hydrogens is 336 g/mol. The van der Waals surface area contributed by atoms with E-state index in [9.17, 15) is 4.79 Å². The van der Waals surface area contributed by atoms with Crippen molar-refractivity contribution < 1.29 is 4.79 Å². The number of nitrogens with zero attached hydrogens (tertiary/aromatic N) is 3. The lowest BCUT2D eigenvalue weighted by atomic mass is 10.0. The van der Waals surface area contributed by atoms with Gasteiger partial charge in [-0.1, -0.05) is 18.2 Å². The van der Waals surface area contributed by atoms with E-state index in [2.05, 4.69) is 38.9 Å². The van der Waals surface area contributed by atoms with Crippen LogP contribution in [0.2, 0.25) is 0 Å². The molecule has 1 aliphatic heterocycles. The van der Waals surface area contributed by atoms with Gasteiger partial charge >= 0.3 is 0 Å². The van der Waals surface area contributed by atoms with Gasteiger partial charge in [-0.05, 0) is 62.3 Å². The second kappa shape index (κ2) is 7.92. The maximum absolute atomic E-state index is 13.3. The summed E-state index contributed by atoms with van der Waals surface area (Å²) in [4.78, 5) is 25.1. The molecule has 1 N–H and O–H groups in total. The number of H-pyrrole nitrogens is 1. The lowest BCUT2D eigenvalue weighted by Crippen LogP contribution is -2.46. The number of para-hydroxylation sites is 1. The predicted molar refractivity (Wildman–Crippen MR) is 107 cm³/mol. The Morgan fingerprint density at radius 2 is 1.93 bits per heavy atom. The smallest absolute Gasteiger partial charge is 0.227 e. The number of carbonyl (C=O) groups is 1. The van der Waals surface area contributed by atoms with Crippen LogP contribution < -0.4 is 0 Å². The number of hydrogen-bond acceptors (Lipinski definition) is 3. The fraction of sp³-hybridized carbons (Fsp3) is 0.364. The molecule has 3 heterocycles. The van der Waals surface area contributed by atoms with E-state index in [-0.39, 0.29) is 5.91 Å². The quantitative estimate of drug-likeness (QED) is 0.758. The largest absolute Gasteiger partial charge is 0.361 e. The third kappa shape index (κ3) is 4.03. The van der Waals surface area contributed by atoms with Crippen LogP contribution in [0.4, 0.5) is 0 Å². The number of likely N-dealkylation sites (tertiary alicyclic amines) is 1. The van der Waals surface area contributed by atoms with E-state index < -0.39 is 0 Å². The van der Waals surface area contributed by atoms with Gasteiger partial charge in [0, 0.05) is 42.1 Å². The molecule has 1 amide bonds. The standard InChI is InChI=1S/C22H26N4O/c1-25-12-8-19(9-13-25)26(16-17-6-10-23-11-7-17)22(27)14-18-15-24-21-5-3-2-4-20(18)21/h2-7,10-11,15,19,24H,8-9,12-14,16H2,1H3. The average molecular weight is 362 g/mol. The Balaban J connectivity index is 1.56. The molecule has 3 aromatic rings. The molecule has 0 atom stereocenters. The number of hydrogen-bond donors (Lipinski definition) is 1. The summed E-state index contributed by atoms with van der Waals surface area (Å²) in [6.45, 7) is 2.73. The zero-order valence-corrected chi connectivity index (χ0v) is 15.8. The highest BCUT2D eigenvalue weighted by atomic mass is 16.2. The van der Waals surface area contributed by atoms with Gasteiger partial charge in [0.05, 0.1) is 6.42 Å². The molecule has 140 valence electrons. The van der Waals surface area contributed by atoms with Crippen LogP contribution in [0.1, 0.15) is 24.0 Å². The third-order valence-corrected chi connectivity index (χ3v) is 5.57. The van der Waals surface area contributed by atoms with Gasteiger partial charge in [-0.25, -0.2) is 0 Å². The SMILES string of the molecule is CN1CCC(N(Cc2ccncc2)C(=O)Cc2c[nH]c3ccccc23)CC1. The van der Waals surface area contributed by atoms with Crippen LogP contribution in [-0.2, 0) is 17.8 Å². The molecule has 0 aliphatic carbocycles. The van der Waals surface area contributed by atoms with Crippen molar-refractivity contribution >= 4 is 16.8 Å². The normalized spacial score (nSPS) is 15.9. The Morgan fingerprint density at radius 1 is 1.19 bits per heavy atom. The highest BCUT2D eigenvalue weighted by Gasteiger charge is 2.27. The van der Waals surface area contributed by atoms with Crippen molar-refractivity contribution in [3.8, 4) is 0 Å². The van der Waals surface area contributed by atoms with E-state index in [1.54, 1.807) is 12.4 Å². The van der Waals surface area contributed by atoms with Gasteiger partial charge in [-0.3, -0.25) is 9.78 Å². The van der Waals surface area contributed by atoms with Crippen molar-refractivity contribution in [1.29, 1.82) is 0 Å². The number of benzene rings is 1. The number of rotatable bonds is 5. The fourth-order valence-corrected chi connectivity index (χ4v) is 3.95. The van der Waals surface area contributed by atoms with Crippen LogP contribution in [-0.4, -0.2) is 51.9 Å². The first-order valence-corrected chi connectivity index (χ1v) is 9.62. The number of piperidine rings is 1. The van der Waals surface area contributed by atoms with Crippen molar-refractivity contribution in [2.75, 3.05) is 20.1 Å². The number of pyridine rings is 1. The van der Waals surface area contributed by atoms with Crippen LogP contribution in [0, 0.1) is 0 Å². The van der Waals surface area contributed by atoms with Gasteiger partial charge in [0.15, 0.2) is 0 Å². The van der Waals surface area contributed by atoms with E-state index >= 15 is 0 Å². The minimum Gasteiger partial charge on any atom is -0.361 e. The first-order valence-electron chi connectivity index (χ1n) is 9.62. The monoisotopic (exact) mass is 362 g/mol. The molecule has 1 aromatic carbocycles. The lowest BCUT2D eigenvalue weighted by Gasteiger charge is -2.37. The first kappa shape index (κ1) is 17.7. The van der Waals surface area contributed by atoms with Gasteiger partial charge < -0.3 is 14.8 Å². The van der Waals surface area contributed by atoms with Gasteiger partial charge in [0.25, 0.3) is 0 Å². The Hall–Kier alpha value is -2.66. The topological polar surface area (TPSA) is 52.2 Å². The predicted octanol–water partition coefficient (Wildman–Crippen LogP) is 3.23. The zero-order chi connectivity index (χ0) is 18.6. The summed E-state index contributed by atoms with van der Waals surface area (Å²) in [5.41, 5.74) is 3.29. The minimum atomic E-state index is 0.200. The molecule has 0 spiro atoms. The Bertz CT molecular complexity index is 897. The molecule has 0 bridgehead atoms. The highest BCUT2D eigenvalue weighted by molar-refractivity contribution is 5.89. The molecule has 5 heteroatoms. The molecule has 4 rings (SSSR count). The molecule has 0 saturated carbocycles. The maximum atomic E-state index is 13.3. The van der Waals surface area contributed by atoms with Crippen molar-refractivity contribution in [1.82, 2.24) is 19.8 Å². The number of nitrogens with one attached hydrogen (secondary N) is 1. The Labute approximate surface area is 160 Å². The van der Waals surface area contributed by atoms with Crippen LogP contribution in [0.25, 0.3) is 10.9 Å². The number of fused-ring (bicyclic) bond motifs is 1. The molecule has 1 aliphatic rings. The molecule has 5 nitrogen and oxygen atoms in total. The Morgan fingerprint density at radius 3 is 2.70 bits per heavy atom. The van der Waals surface area contributed by atoms with Crippen LogP contribution in [0.3, 0.4) is 0 Å². The summed E-state index contributed by atoms with van der Waals surface area (Å²) < 4.78 is 0. The highest BCUT2D eigenvalue weighted by Crippen LogP contribution is 2.22. The van der Waals surface area contributed by atoms with Gasteiger partial charge in [-0.2, -0.15) is 0 Å². The van der Waals surface area contributed by atoms with Crippen LogP contribution in [0.5, 0.6) is 0 Å². The fourth-order valence-electron chi connectivity index (χ4n) is 3.95. The second-order valence-electron chi connectivity index (χ2n) is 7.45. The molecular formula is C22H26N4O. The van der Waals surface area contributed by atoms with E-state index in [1.165, 1.54) is 0 Å². The summed E-state index contributed by atoms with van der Waals surface area (Å²) in [7, 11) is 2.15. The number of aromatic nitrogens is 2. The second-order valence-corrected chi connectivity index (χ2v) is 7.45. The molecule has 0 radical (unpaired) electrons. The molecule has 2 aromatic heterocycles. The molecule has 1 fully saturated rings. The summed E-state index contributed by atoms with van der Waals surface area (Å²) in [5.74, 6) is 0.200. The first-order chi connectivity index (χ1) is 13.2. The van der Waals surface area contributed by atoms with Gasteiger partial charge in [-0.15, -0.1) is 0 Å². The molecule has 0 unspecified atom stereocenters. The number of amides is 1. The summed E-state index contributed by atoms with van der Waals surface area (Å²) in [6.07, 6.45) is 8.06. The van der Waals surface area contributed by atoms with E-state index in [4.69, 9.17) is 0 Å². The van der Waals surface area contributed by atoms with E-state index in [0.717, 1.165) is 48.0 Å². The lowest BCUT2D eigenvalue weighted by molar-refractivity contribution is -0.134. The summed E-state index contributed by atoms with van der Waals surface area (Å²) >= 11 is 0. The van der Waals surface area contributed by atoms with Gasteiger partial charge in [0.2, 0.25) is 5.91 Å². The number of aromatic amines is 1. The minimum absolute atomic E-state index is 0.200. The third-order valence-electron chi connectivity index (χ3n) is 5.57. The van der Waals surface area contributed by atoms with E-state index in [1.807, 2.05) is 30.5 Å².